The topological polar surface area (TPSA) is 73.0 Å². The largest absolute Gasteiger partial charge is 0.355 e. The molecule has 0 radical (unpaired) electrons. The van der Waals surface area contributed by atoms with E-state index in [-0.39, 0.29) is 23.6 Å². The summed E-state index contributed by atoms with van der Waals surface area (Å²) in [4.78, 5) is 42.0. The molecule has 3 amide bonds. The minimum Gasteiger partial charge on any atom is -0.355 e. The van der Waals surface area contributed by atoms with Crippen LogP contribution in [0.5, 0.6) is 0 Å². The van der Waals surface area contributed by atoms with Gasteiger partial charge in [0.25, 0.3) is 5.91 Å². The third-order valence-electron chi connectivity index (χ3n) is 5.47. The van der Waals surface area contributed by atoms with Crippen molar-refractivity contribution in [3.05, 3.63) is 22.4 Å². The van der Waals surface area contributed by atoms with Gasteiger partial charge in [0.2, 0.25) is 11.8 Å². The Balaban J connectivity index is 1.32. The Bertz CT molecular complexity index is 648. The monoisotopic (exact) mass is 392 g/mol. The highest BCUT2D eigenvalue weighted by Crippen LogP contribution is 2.17. The third kappa shape index (κ3) is 5.29. The Labute approximate surface area is 164 Å². The molecule has 0 aliphatic carbocycles. The smallest absolute Gasteiger partial charge is 0.254 e. The van der Waals surface area contributed by atoms with Crippen molar-refractivity contribution in [3.8, 4) is 0 Å². The number of thiophene rings is 1. The molecule has 0 saturated carbocycles. The Morgan fingerprint density at radius 2 is 1.78 bits per heavy atom. The Hall–Kier alpha value is -1.93. The zero-order valence-electron chi connectivity index (χ0n) is 15.9. The van der Waals surface area contributed by atoms with Gasteiger partial charge in [-0.25, -0.2) is 0 Å². The van der Waals surface area contributed by atoms with Crippen molar-refractivity contribution in [3.63, 3.8) is 0 Å². The summed E-state index contributed by atoms with van der Waals surface area (Å²) in [5.74, 6) is 0.316. The summed E-state index contributed by atoms with van der Waals surface area (Å²) in [7, 11) is 0. The van der Waals surface area contributed by atoms with Gasteiger partial charge in [-0.1, -0.05) is 0 Å². The van der Waals surface area contributed by atoms with E-state index in [0.717, 1.165) is 51.1 Å². The summed E-state index contributed by atoms with van der Waals surface area (Å²) < 4.78 is 0. The van der Waals surface area contributed by atoms with E-state index in [1.165, 1.54) is 0 Å². The summed E-state index contributed by atoms with van der Waals surface area (Å²) in [5.41, 5.74) is 0.775. The number of rotatable bonds is 5. The molecule has 148 valence electrons. The molecule has 2 fully saturated rings. The number of carbonyl (C=O) groups is 3. The maximum atomic E-state index is 12.3. The number of piperazine rings is 1. The molecule has 2 saturated heterocycles. The maximum Gasteiger partial charge on any atom is 0.254 e. The van der Waals surface area contributed by atoms with Crippen LogP contribution in [0.2, 0.25) is 0 Å². The van der Waals surface area contributed by atoms with Gasteiger partial charge >= 0.3 is 0 Å². The fourth-order valence-corrected chi connectivity index (χ4v) is 4.31. The van der Waals surface area contributed by atoms with Gasteiger partial charge in [-0.05, 0) is 24.3 Å². The molecule has 0 spiro atoms. The van der Waals surface area contributed by atoms with Crippen molar-refractivity contribution < 1.29 is 14.4 Å². The van der Waals surface area contributed by atoms with Crippen LogP contribution in [0.1, 0.15) is 30.1 Å². The highest BCUT2D eigenvalue weighted by atomic mass is 32.1. The highest BCUT2D eigenvalue weighted by Gasteiger charge is 2.26. The zero-order valence-corrected chi connectivity index (χ0v) is 16.7. The van der Waals surface area contributed by atoms with Gasteiger partial charge in [0.15, 0.2) is 0 Å². The molecule has 2 aliphatic heterocycles. The second kappa shape index (κ2) is 9.32. The van der Waals surface area contributed by atoms with E-state index in [9.17, 15) is 14.4 Å². The molecule has 3 heterocycles. The Morgan fingerprint density at radius 3 is 2.37 bits per heavy atom. The zero-order chi connectivity index (χ0) is 19.2. The lowest BCUT2D eigenvalue weighted by Crippen LogP contribution is -2.50. The number of hydrogen-bond donors (Lipinski definition) is 1. The van der Waals surface area contributed by atoms with Gasteiger partial charge < -0.3 is 15.1 Å². The summed E-state index contributed by atoms with van der Waals surface area (Å²) in [6.45, 7) is 7.49. The SMILES string of the molecule is CC(=O)N1CCC(C(=O)NCCN2CCN(C(=O)c3ccsc3)CC2)CC1. The number of piperidine rings is 1. The van der Waals surface area contributed by atoms with Crippen LogP contribution in [0.15, 0.2) is 16.8 Å². The first kappa shape index (κ1) is 19.8. The van der Waals surface area contributed by atoms with Gasteiger partial charge in [-0.2, -0.15) is 11.3 Å². The third-order valence-corrected chi connectivity index (χ3v) is 6.15. The molecule has 0 aromatic carbocycles. The molecule has 3 rings (SSSR count). The normalized spacial score (nSPS) is 19.1. The molecule has 0 atom stereocenters. The van der Waals surface area contributed by atoms with Gasteiger partial charge in [-0.15, -0.1) is 0 Å². The van der Waals surface area contributed by atoms with Crippen LogP contribution in [-0.4, -0.2) is 84.8 Å². The van der Waals surface area contributed by atoms with Crippen molar-refractivity contribution >= 4 is 29.1 Å². The second-order valence-corrected chi connectivity index (χ2v) is 8.00. The first-order valence-corrected chi connectivity index (χ1v) is 10.6. The molecule has 8 heteroatoms. The quantitative estimate of drug-likeness (QED) is 0.807. The average molecular weight is 393 g/mol. The number of likely N-dealkylation sites (tertiary alicyclic amines) is 1. The van der Waals surface area contributed by atoms with Crippen LogP contribution in [0.4, 0.5) is 0 Å². The van der Waals surface area contributed by atoms with E-state index in [1.54, 1.807) is 23.2 Å². The standard InChI is InChI=1S/C19H28N4O3S/c1-15(24)22-6-2-16(3-7-22)18(25)20-5-8-21-9-11-23(12-10-21)19(26)17-4-13-27-14-17/h4,13-14,16H,2-3,5-12H2,1H3,(H,20,25). The predicted octanol–water partition coefficient (Wildman–Crippen LogP) is 0.881. The number of amides is 3. The van der Waals surface area contributed by atoms with Crippen LogP contribution >= 0.6 is 11.3 Å². The van der Waals surface area contributed by atoms with E-state index in [2.05, 4.69) is 10.2 Å². The molecule has 1 N–H and O–H groups in total. The fraction of sp³-hybridized carbons (Fsp3) is 0.632. The average Bonchev–Trinajstić information content (AvgIpc) is 3.23. The van der Waals surface area contributed by atoms with Crippen molar-refractivity contribution in [1.29, 1.82) is 0 Å². The minimum absolute atomic E-state index is 0.0145. The van der Waals surface area contributed by atoms with E-state index in [1.807, 2.05) is 21.7 Å². The van der Waals surface area contributed by atoms with Gasteiger partial charge in [0.1, 0.15) is 0 Å². The first-order valence-electron chi connectivity index (χ1n) is 9.61. The summed E-state index contributed by atoms with van der Waals surface area (Å²) in [6.07, 6.45) is 1.49. The lowest BCUT2D eigenvalue weighted by molar-refractivity contribution is -0.133. The predicted molar refractivity (Wildman–Crippen MR) is 105 cm³/mol. The molecule has 7 nitrogen and oxygen atoms in total. The Kier molecular flexibility index (Phi) is 6.84. The van der Waals surface area contributed by atoms with E-state index in [0.29, 0.717) is 19.6 Å². The highest BCUT2D eigenvalue weighted by molar-refractivity contribution is 7.08. The van der Waals surface area contributed by atoms with Crippen LogP contribution in [0, 0.1) is 5.92 Å². The fourth-order valence-electron chi connectivity index (χ4n) is 3.68. The van der Waals surface area contributed by atoms with E-state index < -0.39 is 0 Å². The summed E-state index contributed by atoms with van der Waals surface area (Å²) >= 11 is 1.54. The number of nitrogens with zero attached hydrogens (tertiary/aromatic N) is 3. The van der Waals surface area contributed by atoms with Crippen LogP contribution < -0.4 is 5.32 Å². The van der Waals surface area contributed by atoms with E-state index >= 15 is 0 Å². The molecule has 0 unspecified atom stereocenters. The number of hydrogen-bond acceptors (Lipinski definition) is 5. The van der Waals surface area contributed by atoms with Crippen molar-refractivity contribution in [2.24, 2.45) is 5.92 Å². The lowest BCUT2D eigenvalue weighted by atomic mass is 9.96. The van der Waals surface area contributed by atoms with Gasteiger partial charge in [0.05, 0.1) is 5.56 Å². The molecular formula is C19H28N4O3S. The van der Waals surface area contributed by atoms with Crippen molar-refractivity contribution in [2.75, 3.05) is 52.4 Å². The number of carbonyl (C=O) groups excluding carboxylic acids is 3. The minimum atomic E-state index is 0.0145. The van der Waals surface area contributed by atoms with Gasteiger partial charge in [-0.3, -0.25) is 19.3 Å². The molecule has 1 aromatic rings. The molecule has 1 aromatic heterocycles. The van der Waals surface area contributed by atoms with Crippen molar-refractivity contribution in [2.45, 2.75) is 19.8 Å². The van der Waals surface area contributed by atoms with Crippen molar-refractivity contribution in [1.82, 2.24) is 20.0 Å². The molecule has 27 heavy (non-hydrogen) atoms. The molecular weight excluding hydrogens is 364 g/mol. The van der Waals surface area contributed by atoms with Crippen LogP contribution in [0.3, 0.4) is 0 Å². The second-order valence-electron chi connectivity index (χ2n) is 7.22. The van der Waals surface area contributed by atoms with Crippen LogP contribution in [0.25, 0.3) is 0 Å². The van der Waals surface area contributed by atoms with Crippen LogP contribution in [-0.2, 0) is 9.59 Å². The van der Waals surface area contributed by atoms with E-state index in [4.69, 9.17) is 0 Å². The lowest BCUT2D eigenvalue weighted by Gasteiger charge is -2.35. The molecule has 2 aliphatic rings. The Morgan fingerprint density at radius 1 is 1.07 bits per heavy atom. The first-order chi connectivity index (χ1) is 13.0. The van der Waals surface area contributed by atoms with Gasteiger partial charge in [0, 0.05) is 70.6 Å². The summed E-state index contributed by atoms with van der Waals surface area (Å²) in [6, 6.07) is 1.87. The summed E-state index contributed by atoms with van der Waals surface area (Å²) in [5, 5.41) is 6.86. The maximum absolute atomic E-state index is 12.3. The number of nitrogens with one attached hydrogen (secondary N) is 1. The molecule has 0 bridgehead atoms.